The highest BCUT2D eigenvalue weighted by molar-refractivity contribution is 7.89. The highest BCUT2D eigenvalue weighted by Crippen LogP contribution is 2.32. The zero-order valence-electron chi connectivity index (χ0n) is 11.0. The van der Waals surface area contributed by atoms with Gasteiger partial charge in [0.25, 0.3) is 0 Å². The van der Waals surface area contributed by atoms with E-state index in [-0.39, 0.29) is 18.4 Å². The second-order valence-corrected chi connectivity index (χ2v) is 6.51. The van der Waals surface area contributed by atoms with Crippen LogP contribution in [-0.4, -0.2) is 21.0 Å². The van der Waals surface area contributed by atoms with Gasteiger partial charge >= 0.3 is 0 Å². The van der Waals surface area contributed by atoms with Gasteiger partial charge in [0.05, 0.1) is 4.90 Å². The molecule has 1 unspecified atom stereocenters. The number of rotatable bonds is 6. The van der Waals surface area contributed by atoms with E-state index in [1.807, 2.05) is 19.1 Å². The average molecular weight is 305 g/mol. The monoisotopic (exact) mass is 304 g/mol. The fourth-order valence-electron chi connectivity index (χ4n) is 2.01. The zero-order valence-corrected chi connectivity index (χ0v) is 12.6. The Bertz CT molecular complexity index is 498. The van der Waals surface area contributed by atoms with Crippen molar-refractivity contribution in [3.8, 4) is 0 Å². The van der Waals surface area contributed by atoms with Crippen molar-refractivity contribution in [3.05, 3.63) is 29.8 Å². The van der Waals surface area contributed by atoms with E-state index in [1.54, 1.807) is 12.1 Å². The van der Waals surface area contributed by atoms with E-state index in [4.69, 9.17) is 5.73 Å². The predicted octanol–water partition coefficient (Wildman–Crippen LogP) is 1.69. The summed E-state index contributed by atoms with van der Waals surface area (Å²) in [5.74, 6) is 0.416. The van der Waals surface area contributed by atoms with E-state index in [1.165, 1.54) is 0 Å². The molecule has 1 aromatic carbocycles. The second-order valence-electron chi connectivity index (χ2n) is 4.80. The number of hydrogen-bond acceptors (Lipinski definition) is 3. The maximum Gasteiger partial charge on any atom is 0.240 e. The summed E-state index contributed by atoms with van der Waals surface area (Å²) in [4.78, 5) is 0.318. The molecule has 0 radical (unpaired) electrons. The summed E-state index contributed by atoms with van der Waals surface area (Å²) in [6.07, 6.45) is 3.04. The molecule has 3 N–H and O–H groups in total. The lowest BCUT2D eigenvalue weighted by Gasteiger charge is -2.16. The highest BCUT2D eigenvalue weighted by atomic mass is 35.5. The molecule has 108 valence electrons. The number of nitrogens with two attached hydrogens (primary N) is 1. The zero-order chi connectivity index (χ0) is 13.2. The normalized spacial score (nSPS) is 16.7. The van der Waals surface area contributed by atoms with Crippen molar-refractivity contribution in [2.45, 2.75) is 37.1 Å². The fourth-order valence-corrected chi connectivity index (χ4v) is 3.32. The minimum absolute atomic E-state index is 0. The molecule has 1 aliphatic carbocycles. The Morgan fingerprint density at radius 1 is 1.32 bits per heavy atom. The summed E-state index contributed by atoms with van der Waals surface area (Å²) >= 11 is 0. The van der Waals surface area contributed by atoms with Crippen molar-refractivity contribution < 1.29 is 8.42 Å². The van der Waals surface area contributed by atoms with Crippen LogP contribution in [0.15, 0.2) is 29.2 Å². The summed E-state index contributed by atoms with van der Waals surface area (Å²) in [5.41, 5.74) is 6.75. The third-order valence-corrected chi connectivity index (χ3v) is 4.90. The van der Waals surface area contributed by atoms with E-state index >= 15 is 0 Å². The van der Waals surface area contributed by atoms with Crippen molar-refractivity contribution in [1.29, 1.82) is 0 Å². The number of aryl methyl sites for hydroxylation is 1. The van der Waals surface area contributed by atoms with Crippen molar-refractivity contribution in [1.82, 2.24) is 4.72 Å². The quantitative estimate of drug-likeness (QED) is 0.840. The lowest BCUT2D eigenvalue weighted by molar-refractivity contribution is 0.519. The van der Waals surface area contributed by atoms with E-state index in [0.717, 1.165) is 24.8 Å². The lowest BCUT2D eigenvalue weighted by atomic mass is 10.2. The van der Waals surface area contributed by atoms with Crippen LogP contribution < -0.4 is 10.5 Å². The average Bonchev–Trinajstić information content (AvgIpc) is 3.20. The van der Waals surface area contributed by atoms with E-state index in [2.05, 4.69) is 4.72 Å². The molecule has 0 saturated heterocycles. The molecule has 0 aromatic heterocycles. The minimum atomic E-state index is -3.43. The molecule has 1 saturated carbocycles. The third kappa shape index (κ3) is 4.18. The van der Waals surface area contributed by atoms with Crippen LogP contribution in [0.25, 0.3) is 0 Å². The molecular formula is C13H21ClN2O2S. The maximum absolute atomic E-state index is 12.2. The number of sulfonamides is 1. The summed E-state index contributed by atoms with van der Waals surface area (Å²) in [7, 11) is -3.43. The Balaban J connectivity index is 0.00000180. The van der Waals surface area contributed by atoms with Gasteiger partial charge in [-0.2, -0.15) is 0 Å². The Morgan fingerprint density at radius 3 is 2.32 bits per heavy atom. The van der Waals surface area contributed by atoms with Gasteiger partial charge < -0.3 is 5.73 Å². The Labute approximate surface area is 121 Å². The van der Waals surface area contributed by atoms with Crippen LogP contribution in [0.3, 0.4) is 0 Å². The van der Waals surface area contributed by atoms with Gasteiger partial charge in [-0.3, -0.25) is 0 Å². The molecule has 0 heterocycles. The first-order chi connectivity index (χ1) is 8.56. The van der Waals surface area contributed by atoms with Crippen molar-refractivity contribution >= 4 is 22.4 Å². The molecular weight excluding hydrogens is 284 g/mol. The van der Waals surface area contributed by atoms with Crippen LogP contribution >= 0.6 is 12.4 Å². The topological polar surface area (TPSA) is 72.2 Å². The van der Waals surface area contributed by atoms with Gasteiger partial charge in [0, 0.05) is 12.6 Å². The first kappa shape index (κ1) is 16.4. The van der Waals surface area contributed by atoms with Gasteiger partial charge in [-0.1, -0.05) is 19.1 Å². The molecule has 4 nitrogen and oxygen atoms in total. The van der Waals surface area contributed by atoms with Gasteiger partial charge in [0.1, 0.15) is 0 Å². The Morgan fingerprint density at radius 2 is 1.89 bits per heavy atom. The van der Waals surface area contributed by atoms with E-state index in [9.17, 15) is 8.42 Å². The van der Waals surface area contributed by atoms with Crippen molar-refractivity contribution in [2.24, 2.45) is 11.7 Å². The molecule has 0 amide bonds. The van der Waals surface area contributed by atoms with E-state index < -0.39 is 10.0 Å². The van der Waals surface area contributed by atoms with Crippen LogP contribution in [0.1, 0.15) is 25.3 Å². The molecule has 6 heteroatoms. The molecule has 1 fully saturated rings. The van der Waals surface area contributed by atoms with Crippen LogP contribution in [0.4, 0.5) is 0 Å². The summed E-state index contributed by atoms with van der Waals surface area (Å²) in [6.45, 7) is 2.40. The first-order valence-corrected chi connectivity index (χ1v) is 7.86. The van der Waals surface area contributed by atoms with Gasteiger partial charge in [-0.25, -0.2) is 13.1 Å². The molecule has 0 spiro atoms. The number of halogens is 1. The number of hydrogen-bond donors (Lipinski definition) is 2. The molecule has 1 aliphatic rings. The van der Waals surface area contributed by atoms with Crippen molar-refractivity contribution in [2.75, 3.05) is 6.54 Å². The SMILES string of the molecule is CCc1ccc(S(=O)(=O)NC(CN)C2CC2)cc1.Cl. The summed E-state index contributed by atoms with van der Waals surface area (Å²) < 4.78 is 27.0. The Hall–Kier alpha value is -0.620. The molecule has 2 rings (SSSR count). The second kappa shape index (κ2) is 6.70. The molecule has 19 heavy (non-hydrogen) atoms. The standard InChI is InChI=1S/C13H20N2O2S.ClH/c1-2-10-3-7-12(8-4-10)18(16,17)15-13(9-14)11-5-6-11;/h3-4,7-8,11,13,15H,2,5-6,9,14H2,1H3;1H. The van der Waals surface area contributed by atoms with E-state index in [0.29, 0.717) is 17.4 Å². The van der Waals surface area contributed by atoms with Crippen LogP contribution in [0.2, 0.25) is 0 Å². The fraction of sp³-hybridized carbons (Fsp3) is 0.538. The van der Waals surface area contributed by atoms with Crippen molar-refractivity contribution in [3.63, 3.8) is 0 Å². The van der Waals surface area contributed by atoms with Gasteiger partial charge in [0.15, 0.2) is 0 Å². The minimum Gasteiger partial charge on any atom is -0.329 e. The summed E-state index contributed by atoms with van der Waals surface area (Å²) in [5, 5.41) is 0. The lowest BCUT2D eigenvalue weighted by Crippen LogP contribution is -2.41. The predicted molar refractivity (Wildman–Crippen MR) is 79.0 cm³/mol. The van der Waals surface area contributed by atoms with Crippen LogP contribution in [-0.2, 0) is 16.4 Å². The van der Waals surface area contributed by atoms with Crippen LogP contribution in [0, 0.1) is 5.92 Å². The number of benzene rings is 1. The molecule has 0 bridgehead atoms. The third-order valence-electron chi connectivity index (χ3n) is 3.39. The van der Waals surface area contributed by atoms with Gasteiger partial charge in [0.2, 0.25) is 10.0 Å². The molecule has 1 aromatic rings. The highest BCUT2D eigenvalue weighted by Gasteiger charge is 2.33. The molecule has 0 aliphatic heterocycles. The smallest absolute Gasteiger partial charge is 0.240 e. The first-order valence-electron chi connectivity index (χ1n) is 6.38. The largest absolute Gasteiger partial charge is 0.329 e. The summed E-state index contributed by atoms with van der Waals surface area (Å²) in [6, 6.07) is 6.89. The van der Waals surface area contributed by atoms with Gasteiger partial charge in [-0.05, 0) is 42.9 Å². The number of nitrogens with one attached hydrogen (secondary N) is 1. The molecule has 1 atom stereocenters. The Kier molecular flexibility index (Phi) is 5.80. The van der Waals surface area contributed by atoms with Gasteiger partial charge in [-0.15, -0.1) is 12.4 Å². The maximum atomic E-state index is 12.2. The van der Waals surface area contributed by atoms with Crippen LogP contribution in [0.5, 0.6) is 0 Å².